The van der Waals surface area contributed by atoms with E-state index in [1.54, 1.807) is 0 Å². The van der Waals surface area contributed by atoms with Crippen molar-refractivity contribution < 1.29 is 42.1 Å². The minimum Gasteiger partial charge on any atom is -0.462 e. The lowest BCUT2D eigenvalue weighted by atomic mass is 10.0. The molecule has 2 atom stereocenters. The van der Waals surface area contributed by atoms with E-state index in [4.69, 9.17) is 18.5 Å². The highest BCUT2D eigenvalue weighted by atomic mass is 31.2. The van der Waals surface area contributed by atoms with E-state index in [1.165, 1.54) is 270 Å². The lowest BCUT2D eigenvalue weighted by Crippen LogP contribution is -2.37. The van der Waals surface area contributed by atoms with Crippen LogP contribution < -0.4 is 0 Å². The van der Waals surface area contributed by atoms with E-state index < -0.39 is 26.5 Å². The maximum Gasteiger partial charge on any atom is 0.472 e. The topological polar surface area (TPSA) is 108 Å². The van der Waals surface area contributed by atoms with Crippen molar-refractivity contribution in [3.8, 4) is 0 Å². The van der Waals surface area contributed by atoms with Crippen LogP contribution in [0, 0.1) is 0 Å². The Morgan fingerprint density at radius 3 is 1.00 bits per heavy atom. The van der Waals surface area contributed by atoms with E-state index in [-0.39, 0.29) is 25.6 Å². The molecule has 440 valence electrons. The van der Waals surface area contributed by atoms with E-state index in [9.17, 15) is 19.0 Å². The molecule has 0 aromatic rings. The molecular weight excluding hydrogens is 942 g/mol. The number of hydrogen-bond acceptors (Lipinski definition) is 7. The number of quaternary nitrogens is 1. The van der Waals surface area contributed by atoms with Gasteiger partial charge in [-0.05, 0) is 38.5 Å². The van der Waals surface area contributed by atoms with Crippen LogP contribution in [0.15, 0.2) is 12.2 Å². The zero-order chi connectivity index (χ0) is 54.2. The molecule has 1 N–H and O–H groups in total. The second-order valence-corrected chi connectivity index (χ2v) is 25.0. The van der Waals surface area contributed by atoms with Gasteiger partial charge in [0.15, 0.2) is 6.10 Å². The van der Waals surface area contributed by atoms with Gasteiger partial charge in [0.05, 0.1) is 27.7 Å². The summed E-state index contributed by atoms with van der Waals surface area (Å²) < 4.78 is 34.6. The SMILES string of the molecule is CCCCCCCCCC/C=C\CCCCCCCCCCCCCCCCCCCCCCCCCC(=O)OC(COC(=O)CCCCCCCCCCCCCCCCC)COP(=O)(O)OCC[N+](C)(C)C. The van der Waals surface area contributed by atoms with Crippen LogP contribution in [0.3, 0.4) is 0 Å². The number of unbranched alkanes of at least 4 members (excludes halogenated alkanes) is 45. The van der Waals surface area contributed by atoms with E-state index in [2.05, 4.69) is 26.0 Å². The van der Waals surface area contributed by atoms with Crippen LogP contribution in [-0.2, 0) is 32.7 Å². The Balaban J connectivity index is 3.92. The molecule has 0 aliphatic heterocycles. The highest BCUT2D eigenvalue weighted by molar-refractivity contribution is 7.47. The van der Waals surface area contributed by atoms with Crippen molar-refractivity contribution in [1.82, 2.24) is 0 Å². The van der Waals surface area contributed by atoms with Crippen LogP contribution in [-0.4, -0.2) is 74.9 Å². The summed E-state index contributed by atoms with van der Waals surface area (Å²) in [4.78, 5) is 35.7. The molecule has 0 bridgehead atoms. The Bertz CT molecular complexity index is 1260. The number of likely N-dealkylation sites (N-methyl/N-ethyl adjacent to an activating group) is 1. The Hall–Kier alpha value is -1.25. The van der Waals surface area contributed by atoms with Gasteiger partial charge in [-0.15, -0.1) is 0 Å². The maximum atomic E-state index is 12.8. The number of phosphoric acid groups is 1. The molecule has 0 spiro atoms. The zero-order valence-electron chi connectivity index (χ0n) is 50.1. The number of hydrogen-bond donors (Lipinski definition) is 1. The monoisotopic (exact) mass is 1070 g/mol. The number of rotatable bonds is 61. The third-order valence-electron chi connectivity index (χ3n) is 14.8. The van der Waals surface area contributed by atoms with Crippen molar-refractivity contribution >= 4 is 19.8 Å². The van der Waals surface area contributed by atoms with Crippen LogP contribution in [0.2, 0.25) is 0 Å². The summed E-state index contributed by atoms with van der Waals surface area (Å²) in [5.74, 6) is -0.775. The fourth-order valence-electron chi connectivity index (χ4n) is 9.78. The first-order valence-corrected chi connectivity index (χ1v) is 33.9. The first-order chi connectivity index (χ1) is 36.0. The third-order valence-corrected chi connectivity index (χ3v) is 15.8. The van der Waals surface area contributed by atoms with Gasteiger partial charge in [0.1, 0.15) is 19.8 Å². The average Bonchev–Trinajstić information content (AvgIpc) is 3.36. The van der Waals surface area contributed by atoms with Crippen molar-refractivity contribution in [2.75, 3.05) is 47.5 Å². The quantitative estimate of drug-likeness (QED) is 0.0211. The van der Waals surface area contributed by atoms with Gasteiger partial charge < -0.3 is 18.9 Å². The van der Waals surface area contributed by atoms with E-state index >= 15 is 0 Å². The fourth-order valence-corrected chi connectivity index (χ4v) is 10.5. The summed E-state index contributed by atoms with van der Waals surface area (Å²) in [6, 6.07) is 0. The van der Waals surface area contributed by atoms with Gasteiger partial charge in [0.25, 0.3) is 0 Å². The van der Waals surface area contributed by atoms with Gasteiger partial charge in [0, 0.05) is 12.8 Å². The molecule has 0 amide bonds. The minimum atomic E-state index is -4.38. The van der Waals surface area contributed by atoms with E-state index in [1.807, 2.05) is 21.1 Å². The van der Waals surface area contributed by atoms with Gasteiger partial charge in [0.2, 0.25) is 0 Å². The summed E-state index contributed by atoms with van der Waals surface area (Å²) in [7, 11) is 1.50. The molecule has 0 radical (unpaired) electrons. The van der Waals surface area contributed by atoms with Crippen LogP contribution in [0.1, 0.15) is 335 Å². The number of phosphoric ester groups is 1. The second-order valence-electron chi connectivity index (χ2n) is 23.5. The Morgan fingerprint density at radius 1 is 0.405 bits per heavy atom. The largest absolute Gasteiger partial charge is 0.472 e. The Morgan fingerprint density at radius 2 is 0.689 bits per heavy atom. The molecule has 0 rings (SSSR count). The number of nitrogens with zero attached hydrogens (tertiary/aromatic N) is 1. The average molecular weight is 1070 g/mol. The molecule has 74 heavy (non-hydrogen) atoms. The minimum absolute atomic E-state index is 0.0366. The van der Waals surface area contributed by atoms with E-state index in [0.717, 1.165) is 38.5 Å². The molecule has 0 aromatic carbocycles. The number of carbonyl (C=O) groups excluding carboxylic acids is 2. The first-order valence-electron chi connectivity index (χ1n) is 32.4. The summed E-state index contributed by atoms with van der Waals surface area (Å²) in [5.41, 5.74) is 0. The van der Waals surface area contributed by atoms with Crippen molar-refractivity contribution in [2.24, 2.45) is 0 Å². The van der Waals surface area contributed by atoms with Crippen LogP contribution in [0.25, 0.3) is 0 Å². The number of allylic oxidation sites excluding steroid dienone is 2. The van der Waals surface area contributed by atoms with Crippen molar-refractivity contribution in [1.29, 1.82) is 0 Å². The summed E-state index contributed by atoms with van der Waals surface area (Å²) >= 11 is 0. The Labute approximate surface area is 460 Å². The predicted octanol–water partition coefficient (Wildman–Crippen LogP) is 20.4. The van der Waals surface area contributed by atoms with Crippen molar-refractivity contribution in [3.05, 3.63) is 12.2 Å². The molecule has 0 aliphatic rings. The molecule has 0 saturated carbocycles. The van der Waals surface area contributed by atoms with Gasteiger partial charge in [-0.25, -0.2) is 4.57 Å². The zero-order valence-corrected chi connectivity index (χ0v) is 51.0. The van der Waals surface area contributed by atoms with Crippen LogP contribution in [0.5, 0.6) is 0 Å². The third kappa shape index (κ3) is 60.0. The van der Waals surface area contributed by atoms with Crippen molar-refractivity contribution in [2.45, 2.75) is 341 Å². The molecule has 10 heteroatoms. The highest BCUT2D eigenvalue weighted by Gasteiger charge is 2.27. The highest BCUT2D eigenvalue weighted by Crippen LogP contribution is 2.43. The molecular formula is C64H127NO8P+. The second kappa shape index (κ2) is 56.5. The molecule has 0 aliphatic carbocycles. The molecule has 0 fully saturated rings. The smallest absolute Gasteiger partial charge is 0.462 e. The summed E-state index contributed by atoms with van der Waals surface area (Å²) in [5, 5.41) is 0. The summed E-state index contributed by atoms with van der Waals surface area (Å²) in [6.45, 7) is 4.50. The lowest BCUT2D eigenvalue weighted by molar-refractivity contribution is -0.870. The number of carbonyl (C=O) groups is 2. The molecule has 0 heterocycles. The van der Waals surface area contributed by atoms with Gasteiger partial charge in [-0.3, -0.25) is 18.6 Å². The van der Waals surface area contributed by atoms with Gasteiger partial charge in [-0.1, -0.05) is 296 Å². The molecule has 9 nitrogen and oxygen atoms in total. The Kier molecular flexibility index (Phi) is 55.5. The molecule has 2 unspecified atom stereocenters. The number of ether oxygens (including phenoxy) is 2. The van der Waals surface area contributed by atoms with Crippen molar-refractivity contribution in [3.63, 3.8) is 0 Å². The predicted molar refractivity (Wildman–Crippen MR) is 317 cm³/mol. The summed E-state index contributed by atoms with van der Waals surface area (Å²) in [6.07, 6.45) is 67.5. The molecule has 0 aromatic heterocycles. The number of esters is 2. The fraction of sp³-hybridized carbons (Fsp3) is 0.938. The van der Waals surface area contributed by atoms with Crippen LogP contribution >= 0.6 is 7.82 Å². The normalized spacial score (nSPS) is 13.2. The van der Waals surface area contributed by atoms with Gasteiger partial charge >= 0.3 is 19.8 Å². The van der Waals surface area contributed by atoms with Gasteiger partial charge in [-0.2, -0.15) is 0 Å². The maximum absolute atomic E-state index is 12.8. The van der Waals surface area contributed by atoms with E-state index in [0.29, 0.717) is 17.4 Å². The van der Waals surface area contributed by atoms with Crippen LogP contribution in [0.4, 0.5) is 0 Å². The molecule has 0 saturated heterocycles. The standard InChI is InChI=1S/C64H126NO8P/c1-6-8-10-12-14-16-18-20-22-23-24-25-26-27-28-29-30-31-32-33-34-35-36-37-38-39-40-41-43-45-47-49-51-53-55-57-64(67)73-62(61-72-74(68,69)71-59-58-65(3,4)5)60-70-63(66)56-54-52-50-48-46-44-42-21-19-17-15-13-11-9-7-2/h23-24,62H,6-22,25-61H2,1-5H3/p+1/b24-23-. The lowest BCUT2D eigenvalue weighted by Gasteiger charge is -2.24. The first kappa shape index (κ1) is 72.8.